The first-order valence-corrected chi connectivity index (χ1v) is 6.20. The molecule has 1 aliphatic rings. The highest BCUT2D eigenvalue weighted by molar-refractivity contribution is 4.97. The SMILES string of the molecule is COCC(C)N(C)C1CC(C)CCC1C#N. The molecule has 1 rings (SSSR count). The fraction of sp³-hybridized carbons (Fsp3) is 0.923. The van der Waals surface area contributed by atoms with Crippen LogP contribution >= 0.6 is 0 Å². The van der Waals surface area contributed by atoms with Gasteiger partial charge >= 0.3 is 0 Å². The molecule has 0 spiro atoms. The molecule has 1 fully saturated rings. The summed E-state index contributed by atoms with van der Waals surface area (Å²) in [6.07, 6.45) is 3.39. The monoisotopic (exact) mass is 224 g/mol. The van der Waals surface area contributed by atoms with Crippen LogP contribution in [-0.4, -0.2) is 37.7 Å². The molecule has 0 aromatic heterocycles. The Morgan fingerprint density at radius 3 is 2.75 bits per heavy atom. The van der Waals surface area contributed by atoms with E-state index in [9.17, 15) is 5.26 Å². The van der Waals surface area contributed by atoms with Crippen LogP contribution in [0.2, 0.25) is 0 Å². The molecule has 0 bridgehead atoms. The van der Waals surface area contributed by atoms with Crippen molar-refractivity contribution in [2.75, 3.05) is 20.8 Å². The van der Waals surface area contributed by atoms with E-state index in [-0.39, 0.29) is 5.92 Å². The average molecular weight is 224 g/mol. The summed E-state index contributed by atoms with van der Waals surface area (Å²) < 4.78 is 5.19. The lowest BCUT2D eigenvalue weighted by molar-refractivity contribution is 0.0521. The maximum atomic E-state index is 9.20. The summed E-state index contributed by atoms with van der Waals surface area (Å²) in [5.74, 6) is 0.937. The first-order valence-electron chi connectivity index (χ1n) is 6.20. The van der Waals surface area contributed by atoms with E-state index in [1.54, 1.807) is 7.11 Å². The normalized spacial score (nSPS) is 32.4. The largest absolute Gasteiger partial charge is 0.383 e. The highest BCUT2D eigenvalue weighted by Gasteiger charge is 2.33. The van der Waals surface area contributed by atoms with Crippen LogP contribution in [0.5, 0.6) is 0 Å². The van der Waals surface area contributed by atoms with Crippen molar-refractivity contribution in [3.63, 3.8) is 0 Å². The fourth-order valence-corrected chi connectivity index (χ4v) is 2.64. The molecule has 0 aromatic rings. The number of nitrogens with zero attached hydrogens (tertiary/aromatic N) is 2. The molecule has 0 amide bonds. The fourth-order valence-electron chi connectivity index (χ4n) is 2.64. The number of nitriles is 1. The minimum atomic E-state index is 0.195. The van der Waals surface area contributed by atoms with Gasteiger partial charge in [0.15, 0.2) is 0 Å². The number of hydrogen-bond donors (Lipinski definition) is 0. The predicted octanol–water partition coefficient (Wildman–Crippen LogP) is 2.28. The van der Waals surface area contributed by atoms with Crippen molar-refractivity contribution in [1.82, 2.24) is 4.90 Å². The Morgan fingerprint density at radius 2 is 2.19 bits per heavy atom. The Balaban J connectivity index is 2.63. The van der Waals surface area contributed by atoms with E-state index in [0.717, 1.165) is 25.4 Å². The van der Waals surface area contributed by atoms with Crippen LogP contribution < -0.4 is 0 Å². The summed E-state index contributed by atoms with van der Waals surface area (Å²) in [6, 6.07) is 3.26. The van der Waals surface area contributed by atoms with E-state index < -0.39 is 0 Å². The standard InChI is InChI=1S/C13H24N2O/c1-10-5-6-12(8-14)13(7-10)15(3)11(2)9-16-4/h10-13H,5-7,9H2,1-4H3. The molecule has 4 unspecified atom stereocenters. The van der Waals surface area contributed by atoms with Crippen LogP contribution in [0.1, 0.15) is 33.1 Å². The molecule has 3 nitrogen and oxygen atoms in total. The zero-order valence-electron chi connectivity index (χ0n) is 10.9. The van der Waals surface area contributed by atoms with Gasteiger partial charge in [0.2, 0.25) is 0 Å². The van der Waals surface area contributed by atoms with Gasteiger partial charge in [0.1, 0.15) is 0 Å². The summed E-state index contributed by atoms with van der Waals surface area (Å²) in [5.41, 5.74) is 0. The van der Waals surface area contributed by atoms with Gasteiger partial charge in [-0.3, -0.25) is 4.90 Å². The third-order valence-corrected chi connectivity index (χ3v) is 3.87. The Hall–Kier alpha value is -0.590. The highest BCUT2D eigenvalue weighted by Crippen LogP contribution is 2.32. The van der Waals surface area contributed by atoms with Gasteiger partial charge in [-0.25, -0.2) is 0 Å². The first-order chi connectivity index (χ1) is 7.60. The van der Waals surface area contributed by atoms with E-state index >= 15 is 0 Å². The minimum absolute atomic E-state index is 0.195. The van der Waals surface area contributed by atoms with E-state index in [1.807, 2.05) is 0 Å². The van der Waals surface area contributed by atoms with Gasteiger partial charge in [-0.1, -0.05) is 6.92 Å². The van der Waals surface area contributed by atoms with E-state index in [2.05, 4.69) is 31.9 Å². The Kier molecular flexibility index (Phi) is 5.24. The van der Waals surface area contributed by atoms with Crippen molar-refractivity contribution >= 4 is 0 Å². The first kappa shape index (κ1) is 13.5. The van der Waals surface area contributed by atoms with Crippen molar-refractivity contribution in [1.29, 1.82) is 5.26 Å². The topological polar surface area (TPSA) is 36.3 Å². The van der Waals surface area contributed by atoms with Crippen LogP contribution in [0.4, 0.5) is 0 Å². The van der Waals surface area contributed by atoms with Crippen molar-refractivity contribution in [3.05, 3.63) is 0 Å². The number of rotatable bonds is 4. The molecular weight excluding hydrogens is 200 g/mol. The van der Waals surface area contributed by atoms with Crippen molar-refractivity contribution in [3.8, 4) is 6.07 Å². The van der Waals surface area contributed by atoms with E-state index in [4.69, 9.17) is 4.74 Å². The Morgan fingerprint density at radius 1 is 1.50 bits per heavy atom. The van der Waals surface area contributed by atoms with Crippen LogP contribution in [0.3, 0.4) is 0 Å². The van der Waals surface area contributed by atoms with E-state index in [0.29, 0.717) is 12.1 Å². The van der Waals surface area contributed by atoms with E-state index in [1.165, 1.54) is 6.42 Å². The molecule has 0 aromatic carbocycles. The summed E-state index contributed by atoms with van der Waals surface area (Å²) in [5, 5.41) is 9.20. The van der Waals surface area contributed by atoms with Crippen molar-refractivity contribution in [2.24, 2.45) is 11.8 Å². The number of methoxy groups -OCH3 is 1. The summed E-state index contributed by atoms with van der Waals surface area (Å²) in [7, 11) is 3.85. The molecule has 0 N–H and O–H groups in total. The number of likely N-dealkylation sites (N-methyl/N-ethyl adjacent to an activating group) is 1. The van der Waals surface area contributed by atoms with Gasteiger partial charge in [-0.2, -0.15) is 5.26 Å². The summed E-state index contributed by atoms with van der Waals surface area (Å²) >= 11 is 0. The minimum Gasteiger partial charge on any atom is -0.383 e. The van der Waals surface area contributed by atoms with Crippen molar-refractivity contribution < 1.29 is 4.74 Å². The van der Waals surface area contributed by atoms with Gasteiger partial charge in [-0.05, 0) is 39.2 Å². The maximum Gasteiger partial charge on any atom is 0.0672 e. The quantitative estimate of drug-likeness (QED) is 0.735. The molecule has 4 atom stereocenters. The van der Waals surface area contributed by atoms with Crippen molar-refractivity contribution in [2.45, 2.75) is 45.2 Å². The van der Waals surface area contributed by atoms with Gasteiger partial charge in [0, 0.05) is 19.2 Å². The lowest BCUT2D eigenvalue weighted by Crippen LogP contribution is -2.47. The molecule has 0 saturated heterocycles. The molecule has 0 heterocycles. The molecule has 3 heteroatoms. The Labute approximate surface area is 99.4 Å². The molecule has 16 heavy (non-hydrogen) atoms. The van der Waals surface area contributed by atoms with Crippen LogP contribution in [0, 0.1) is 23.2 Å². The second kappa shape index (κ2) is 6.22. The molecule has 0 radical (unpaired) electrons. The zero-order chi connectivity index (χ0) is 12.1. The van der Waals surface area contributed by atoms with Gasteiger partial charge in [0.25, 0.3) is 0 Å². The zero-order valence-corrected chi connectivity index (χ0v) is 10.9. The third-order valence-electron chi connectivity index (χ3n) is 3.87. The van der Waals surface area contributed by atoms with Crippen LogP contribution in [0.25, 0.3) is 0 Å². The van der Waals surface area contributed by atoms with Crippen LogP contribution in [0.15, 0.2) is 0 Å². The smallest absolute Gasteiger partial charge is 0.0672 e. The second-order valence-electron chi connectivity index (χ2n) is 5.19. The Bertz CT molecular complexity index is 249. The lowest BCUT2D eigenvalue weighted by atomic mass is 9.79. The lowest BCUT2D eigenvalue weighted by Gasteiger charge is -2.40. The third kappa shape index (κ3) is 3.20. The van der Waals surface area contributed by atoms with Crippen LogP contribution in [-0.2, 0) is 4.74 Å². The van der Waals surface area contributed by atoms with Gasteiger partial charge in [-0.15, -0.1) is 0 Å². The second-order valence-corrected chi connectivity index (χ2v) is 5.19. The van der Waals surface area contributed by atoms with Gasteiger partial charge in [0.05, 0.1) is 18.6 Å². The predicted molar refractivity (Wildman–Crippen MR) is 65.0 cm³/mol. The number of ether oxygens (including phenoxy) is 1. The average Bonchev–Trinajstić information content (AvgIpc) is 2.28. The summed E-state index contributed by atoms with van der Waals surface area (Å²) in [6.45, 7) is 5.19. The molecular formula is C13H24N2O. The summed E-state index contributed by atoms with van der Waals surface area (Å²) in [4.78, 5) is 2.33. The van der Waals surface area contributed by atoms with Gasteiger partial charge < -0.3 is 4.74 Å². The maximum absolute atomic E-state index is 9.20. The number of hydrogen-bond acceptors (Lipinski definition) is 3. The molecule has 0 aliphatic heterocycles. The highest BCUT2D eigenvalue weighted by atomic mass is 16.5. The molecule has 1 saturated carbocycles. The molecule has 92 valence electrons. The molecule has 1 aliphatic carbocycles.